The van der Waals surface area contributed by atoms with Gasteiger partial charge in [0, 0.05) is 12.3 Å². The summed E-state index contributed by atoms with van der Waals surface area (Å²) < 4.78 is 51.5. The average Bonchev–Trinajstić information content (AvgIpc) is 3.10. The molecule has 210 valence electrons. The van der Waals surface area contributed by atoms with Crippen molar-refractivity contribution in [3.8, 4) is 5.75 Å². The Morgan fingerprint density at radius 3 is 2.47 bits per heavy atom. The molecule has 1 aliphatic rings. The summed E-state index contributed by atoms with van der Waals surface area (Å²) in [5, 5.41) is 10.9. The van der Waals surface area contributed by atoms with E-state index in [-0.39, 0.29) is 11.9 Å². The topological polar surface area (TPSA) is 172 Å². The zero-order valence-corrected chi connectivity index (χ0v) is 22.4. The largest absolute Gasteiger partial charge is 0.463 e. The number of nitrogens with two attached hydrogens (primary N) is 1. The summed E-state index contributed by atoms with van der Waals surface area (Å²) in [6, 6.07) is 9.14. The minimum Gasteiger partial charge on any atom is -0.463 e. The van der Waals surface area contributed by atoms with Crippen molar-refractivity contribution in [1.82, 2.24) is 9.55 Å². The summed E-state index contributed by atoms with van der Waals surface area (Å²) in [6.45, 7) is 4.96. The molecule has 2 aromatic rings. The first kappa shape index (κ1) is 29.7. The van der Waals surface area contributed by atoms with Crippen LogP contribution in [0.1, 0.15) is 33.9 Å². The van der Waals surface area contributed by atoms with Crippen molar-refractivity contribution in [3.63, 3.8) is 0 Å². The Bertz CT molecular complexity index is 1270. The highest BCUT2D eigenvalue weighted by molar-refractivity contribution is 7.54. The van der Waals surface area contributed by atoms with Gasteiger partial charge in [0.05, 0.1) is 24.3 Å². The number of aliphatic hydroxyl groups excluding tert-OH is 1. The summed E-state index contributed by atoms with van der Waals surface area (Å²) in [4.78, 5) is 38.2. The number of rotatable bonds is 11. The van der Waals surface area contributed by atoms with Crippen LogP contribution in [0.2, 0.25) is 0 Å². The van der Waals surface area contributed by atoms with Gasteiger partial charge in [-0.2, -0.15) is 0 Å². The van der Waals surface area contributed by atoms with Crippen LogP contribution >= 0.6 is 7.60 Å². The van der Waals surface area contributed by atoms with Crippen molar-refractivity contribution in [2.24, 2.45) is 11.7 Å². The normalized spacial score (nSPS) is 26.5. The van der Waals surface area contributed by atoms with Crippen molar-refractivity contribution in [2.75, 3.05) is 12.8 Å². The number of para-hydroxylation sites is 1. The zero-order valence-electron chi connectivity index (χ0n) is 21.5. The van der Waals surface area contributed by atoms with Gasteiger partial charge in [-0.1, -0.05) is 25.1 Å². The standard InChI is InChI=1S/C24H33FN3O9P/c1-14(2)34-21(31)15(3)12-38(33,37-17-8-6-5-7-9-17)36-16(4)19-20(30)24(26,13-25)22(35-19)28-11-10-18(29)27-23(28)32/h5-11,14-16,19-20,22,30H,12-13,26H2,1-4H3,(H,27,29,32)/t15-,16+,19-,20+,22-,24?,38+/m1/s1. The van der Waals surface area contributed by atoms with Gasteiger partial charge in [0.25, 0.3) is 5.56 Å². The molecule has 0 aliphatic carbocycles. The van der Waals surface area contributed by atoms with E-state index >= 15 is 0 Å². The molecule has 1 aromatic heterocycles. The van der Waals surface area contributed by atoms with Crippen molar-refractivity contribution >= 4 is 13.6 Å². The van der Waals surface area contributed by atoms with Gasteiger partial charge in [-0.15, -0.1) is 0 Å². The number of aromatic amines is 1. The molecule has 1 saturated heterocycles. The van der Waals surface area contributed by atoms with Gasteiger partial charge < -0.3 is 24.8 Å². The van der Waals surface area contributed by atoms with Crippen molar-refractivity contribution in [1.29, 1.82) is 0 Å². The van der Waals surface area contributed by atoms with Crippen LogP contribution in [0.3, 0.4) is 0 Å². The van der Waals surface area contributed by atoms with E-state index < -0.39 is 73.6 Å². The molecule has 0 spiro atoms. The van der Waals surface area contributed by atoms with E-state index in [9.17, 15) is 28.4 Å². The zero-order chi connectivity index (χ0) is 28.3. The van der Waals surface area contributed by atoms with Gasteiger partial charge in [0.15, 0.2) is 6.23 Å². The number of carbonyl (C=O) groups is 1. The van der Waals surface area contributed by atoms with Crippen molar-refractivity contribution < 1.29 is 37.4 Å². The monoisotopic (exact) mass is 557 g/mol. The van der Waals surface area contributed by atoms with E-state index in [2.05, 4.69) is 0 Å². The summed E-state index contributed by atoms with van der Waals surface area (Å²) in [5.41, 5.74) is 2.42. The number of halogens is 1. The molecule has 7 atom stereocenters. The van der Waals surface area contributed by atoms with Crippen LogP contribution in [0.5, 0.6) is 5.75 Å². The maximum atomic E-state index is 14.2. The van der Waals surface area contributed by atoms with E-state index in [0.29, 0.717) is 0 Å². The summed E-state index contributed by atoms with van der Waals surface area (Å²) >= 11 is 0. The summed E-state index contributed by atoms with van der Waals surface area (Å²) in [6.07, 6.45) is -5.55. The number of esters is 1. The fraction of sp³-hybridized carbons (Fsp3) is 0.542. The maximum Gasteiger partial charge on any atom is 0.380 e. The Kier molecular flexibility index (Phi) is 9.32. The quantitative estimate of drug-likeness (QED) is 0.273. The Hall–Kier alpha value is -2.83. The predicted octanol–water partition coefficient (Wildman–Crippen LogP) is 1.73. The Morgan fingerprint density at radius 1 is 1.24 bits per heavy atom. The highest BCUT2D eigenvalue weighted by atomic mass is 31.2. The second-order valence-corrected chi connectivity index (χ2v) is 11.5. The molecule has 0 amide bonds. The smallest absolute Gasteiger partial charge is 0.380 e. The first-order valence-corrected chi connectivity index (χ1v) is 13.7. The molecule has 1 aromatic carbocycles. The fourth-order valence-electron chi connectivity index (χ4n) is 4.07. The first-order valence-electron chi connectivity index (χ1n) is 12.0. The molecule has 14 heteroatoms. The summed E-state index contributed by atoms with van der Waals surface area (Å²) in [5.74, 6) is -1.29. The van der Waals surface area contributed by atoms with Gasteiger partial charge in [-0.3, -0.25) is 23.7 Å². The van der Waals surface area contributed by atoms with Crippen molar-refractivity contribution in [3.05, 3.63) is 63.4 Å². The highest BCUT2D eigenvalue weighted by Gasteiger charge is 2.57. The number of aromatic nitrogens is 2. The molecule has 3 rings (SSSR count). The molecule has 1 aliphatic heterocycles. The van der Waals surface area contributed by atoms with Crippen LogP contribution in [0, 0.1) is 5.92 Å². The molecule has 4 N–H and O–H groups in total. The predicted molar refractivity (Wildman–Crippen MR) is 135 cm³/mol. The number of benzene rings is 1. The van der Waals surface area contributed by atoms with Crippen LogP contribution in [0.15, 0.2) is 52.2 Å². The number of hydrogen-bond donors (Lipinski definition) is 3. The average molecular weight is 558 g/mol. The number of hydrogen-bond acceptors (Lipinski definition) is 10. The van der Waals surface area contributed by atoms with Gasteiger partial charge in [0.1, 0.15) is 30.2 Å². The minimum atomic E-state index is -4.13. The molecule has 0 radical (unpaired) electrons. The second kappa shape index (κ2) is 11.9. The Balaban J connectivity index is 1.89. The maximum absolute atomic E-state index is 14.2. The molecular formula is C24H33FN3O9P. The van der Waals surface area contributed by atoms with E-state index in [0.717, 1.165) is 16.8 Å². The van der Waals surface area contributed by atoms with Gasteiger partial charge in [-0.05, 0) is 32.9 Å². The molecular weight excluding hydrogens is 524 g/mol. The molecule has 38 heavy (non-hydrogen) atoms. The van der Waals surface area contributed by atoms with Gasteiger partial charge in [-0.25, -0.2) is 13.8 Å². The number of ether oxygens (including phenoxy) is 2. The first-order chi connectivity index (χ1) is 17.8. The van der Waals surface area contributed by atoms with E-state index in [1.807, 2.05) is 4.98 Å². The SMILES string of the molecule is CC(C)OC(=O)[C@H](C)C[P@@](=O)(Oc1ccccc1)O[C@@H](C)[C@H]1O[C@@H](n2ccc(=O)[nH]c2=O)C(N)(CF)[C@H]1O. The number of aliphatic hydroxyl groups is 1. The third-order valence-electron chi connectivity index (χ3n) is 5.97. The lowest BCUT2D eigenvalue weighted by atomic mass is 9.91. The Morgan fingerprint density at radius 2 is 1.89 bits per heavy atom. The van der Waals surface area contributed by atoms with Crippen LogP contribution in [0.4, 0.5) is 4.39 Å². The lowest BCUT2D eigenvalue weighted by molar-refractivity contribution is -0.151. The Labute approximate surface area is 218 Å². The summed E-state index contributed by atoms with van der Waals surface area (Å²) in [7, 11) is -4.13. The van der Waals surface area contributed by atoms with Crippen LogP contribution < -0.4 is 21.5 Å². The lowest BCUT2D eigenvalue weighted by Crippen LogP contribution is -2.58. The number of nitrogens with one attached hydrogen (secondary N) is 1. The van der Waals surface area contributed by atoms with Gasteiger partial charge >= 0.3 is 19.3 Å². The molecule has 1 fully saturated rings. The second-order valence-electron chi connectivity index (χ2n) is 9.56. The van der Waals surface area contributed by atoms with Crippen LogP contribution in [-0.2, 0) is 23.4 Å². The molecule has 0 saturated carbocycles. The van der Waals surface area contributed by atoms with Crippen molar-refractivity contribution in [2.45, 2.75) is 63.9 Å². The van der Waals surface area contributed by atoms with Crippen LogP contribution in [0.25, 0.3) is 0 Å². The van der Waals surface area contributed by atoms with Gasteiger partial charge in [0.2, 0.25) is 0 Å². The molecule has 1 unspecified atom stereocenters. The van der Waals surface area contributed by atoms with E-state index in [1.54, 1.807) is 44.2 Å². The third kappa shape index (κ3) is 6.59. The van der Waals surface area contributed by atoms with E-state index in [1.165, 1.54) is 13.8 Å². The molecule has 0 bridgehead atoms. The lowest BCUT2D eigenvalue weighted by Gasteiger charge is -2.31. The highest BCUT2D eigenvalue weighted by Crippen LogP contribution is 2.52. The molecule has 12 nitrogen and oxygen atoms in total. The number of carbonyl (C=O) groups excluding carboxylic acids is 1. The number of H-pyrrole nitrogens is 1. The fourth-order valence-corrected chi connectivity index (χ4v) is 6.16. The van der Waals surface area contributed by atoms with Crippen LogP contribution in [-0.4, -0.2) is 63.4 Å². The number of nitrogens with zero attached hydrogens (tertiary/aromatic N) is 1. The number of alkyl halides is 1. The minimum absolute atomic E-state index is 0.204. The molecule has 2 heterocycles. The third-order valence-corrected chi connectivity index (χ3v) is 8.11. The van der Waals surface area contributed by atoms with E-state index in [4.69, 9.17) is 24.3 Å².